The van der Waals surface area contributed by atoms with Crippen LogP contribution in [-0.4, -0.2) is 24.1 Å². The Bertz CT molecular complexity index is 379. The summed E-state index contributed by atoms with van der Waals surface area (Å²) in [6, 6.07) is 0. The minimum atomic E-state index is 0.833. The van der Waals surface area contributed by atoms with Gasteiger partial charge >= 0.3 is 0 Å². The lowest BCUT2D eigenvalue weighted by atomic mass is 10.2. The van der Waals surface area contributed by atoms with Gasteiger partial charge in [0.1, 0.15) is 12.1 Å². The van der Waals surface area contributed by atoms with E-state index < -0.39 is 0 Å². The number of allylic oxidation sites excluding steroid dienone is 1. The van der Waals surface area contributed by atoms with Gasteiger partial charge in [-0.2, -0.15) is 0 Å². The molecule has 1 aromatic rings. The number of hydrogen-bond acceptors (Lipinski definition) is 3. The van der Waals surface area contributed by atoms with Gasteiger partial charge in [0.25, 0.3) is 0 Å². The van der Waals surface area contributed by atoms with Crippen molar-refractivity contribution in [2.75, 3.05) is 19.0 Å². The van der Waals surface area contributed by atoms with Crippen molar-refractivity contribution in [2.45, 2.75) is 47.5 Å². The molecule has 0 radical (unpaired) electrons. The number of nitrogens with zero attached hydrogens (tertiary/aromatic N) is 3. The van der Waals surface area contributed by atoms with Gasteiger partial charge in [-0.15, -0.1) is 0 Å². The summed E-state index contributed by atoms with van der Waals surface area (Å²) in [4.78, 5) is 10.5. The first-order valence-electron chi connectivity index (χ1n) is 7.05. The lowest BCUT2D eigenvalue weighted by Gasteiger charge is -2.14. The van der Waals surface area contributed by atoms with Crippen LogP contribution in [-0.2, 0) is 0 Å². The zero-order chi connectivity index (χ0) is 14.8. The fraction of sp³-hybridized carbons (Fsp3) is 0.625. The van der Waals surface area contributed by atoms with Crippen molar-refractivity contribution < 1.29 is 0 Å². The van der Waals surface area contributed by atoms with Crippen LogP contribution in [0.15, 0.2) is 12.4 Å². The Kier molecular flexibility index (Phi) is 8.84. The molecule has 0 atom stereocenters. The van der Waals surface area contributed by atoms with Gasteiger partial charge in [0.15, 0.2) is 0 Å². The van der Waals surface area contributed by atoms with Gasteiger partial charge in [-0.1, -0.05) is 46.3 Å². The van der Waals surface area contributed by atoms with E-state index in [-0.39, 0.29) is 0 Å². The molecular weight excluding hydrogens is 234 g/mol. The van der Waals surface area contributed by atoms with Crippen molar-refractivity contribution in [3.8, 4) is 0 Å². The van der Waals surface area contributed by atoms with Gasteiger partial charge in [0.2, 0.25) is 0 Å². The first kappa shape index (κ1) is 17.6. The zero-order valence-corrected chi connectivity index (χ0v) is 13.6. The Morgan fingerprint density at radius 3 is 2.26 bits per heavy atom. The summed E-state index contributed by atoms with van der Waals surface area (Å²) in [7, 11) is 4.00. The molecule has 1 rings (SSSR count). The average molecular weight is 263 g/mol. The zero-order valence-electron chi connectivity index (χ0n) is 13.6. The van der Waals surface area contributed by atoms with Gasteiger partial charge in [-0.05, 0) is 19.3 Å². The van der Waals surface area contributed by atoms with Gasteiger partial charge in [0.05, 0.1) is 5.69 Å². The van der Waals surface area contributed by atoms with E-state index >= 15 is 0 Å². The van der Waals surface area contributed by atoms with Crippen LogP contribution in [0.25, 0.3) is 6.08 Å². The predicted molar refractivity (Wildman–Crippen MR) is 85.6 cm³/mol. The molecule has 0 saturated carbocycles. The molecule has 108 valence electrons. The van der Waals surface area contributed by atoms with Gasteiger partial charge in [-0.3, -0.25) is 0 Å². The Labute approximate surface area is 118 Å². The maximum absolute atomic E-state index is 4.28. The van der Waals surface area contributed by atoms with Crippen LogP contribution >= 0.6 is 0 Å². The molecule has 1 heterocycles. The second kappa shape index (κ2) is 9.54. The Morgan fingerprint density at radius 1 is 1.21 bits per heavy atom. The monoisotopic (exact) mass is 263 g/mol. The fourth-order valence-corrected chi connectivity index (χ4v) is 1.39. The highest BCUT2D eigenvalue weighted by atomic mass is 15.1. The van der Waals surface area contributed by atoms with Crippen molar-refractivity contribution in [2.24, 2.45) is 5.92 Å². The molecule has 0 amide bonds. The molecule has 1 aromatic heterocycles. The van der Waals surface area contributed by atoms with Crippen LogP contribution in [0.2, 0.25) is 0 Å². The standard InChI is InChI=1S/C12H19N3.C4H10/c1-5-6-7-8-11-10(2)13-9-14-12(11)15(3)4;1-4(2)3/h7-9H,5-6H2,1-4H3;4H,1-3H3/b8-7-;. The Balaban J connectivity index is 0.000000711. The molecule has 0 N–H and O–H groups in total. The lowest BCUT2D eigenvalue weighted by Crippen LogP contribution is -2.13. The van der Waals surface area contributed by atoms with E-state index in [2.05, 4.69) is 49.8 Å². The van der Waals surface area contributed by atoms with Crippen molar-refractivity contribution >= 4 is 11.9 Å². The largest absolute Gasteiger partial charge is 0.362 e. The Morgan fingerprint density at radius 2 is 1.79 bits per heavy atom. The highest BCUT2D eigenvalue weighted by Crippen LogP contribution is 2.19. The van der Waals surface area contributed by atoms with E-state index in [1.807, 2.05) is 25.9 Å². The predicted octanol–water partition coefficient (Wildman–Crippen LogP) is 4.33. The van der Waals surface area contributed by atoms with Crippen molar-refractivity contribution in [1.82, 2.24) is 9.97 Å². The third-order valence-corrected chi connectivity index (χ3v) is 2.23. The summed E-state index contributed by atoms with van der Waals surface area (Å²) < 4.78 is 0. The molecule has 0 aliphatic rings. The second-order valence-electron chi connectivity index (χ2n) is 5.51. The quantitative estimate of drug-likeness (QED) is 0.809. The summed E-state index contributed by atoms with van der Waals surface area (Å²) in [5.41, 5.74) is 2.15. The number of aromatic nitrogens is 2. The highest BCUT2D eigenvalue weighted by molar-refractivity contribution is 5.65. The van der Waals surface area contributed by atoms with Crippen LogP contribution < -0.4 is 4.90 Å². The van der Waals surface area contributed by atoms with E-state index in [4.69, 9.17) is 0 Å². The molecular formula is C16H29N3. The minimum Gasteiger partial charge on any atom is -0.362 e. The summed E-state index contributed by atoms with van der Waals surface area (Å²) >= 11 is 0. The summed E-state index contributed by atoms with van der Waals surface area (Å²) in [5.74, 6) is 1.81. The molecule has 0 aliphatic heterocycles. The van der Waals surface area contributed by atoms with E-state index in [9.17, 15) is 0 Å². The molecule has 3 heteroatoms. The topological polar surface area (TPSA) is 29.0 Å². The molecule has 0 saturated heterocycles. The molecule has 19 heavy (non-hydrogen) atoms. The van der Waals surface area contributed by atoms with Crippen molar-refractivity contribution in [1.29, 1.82) is 0 Å². The van der Waals surface area contributed by atoms with Gasteiger partial charge in [0, 0.05) is 19.7 Å². The third-order valence-electron chi connectivity index (χ3n) is 2.23. The molecule has 0 unspecified atom stereocenters. The maximum atomic E-state index is 4.28. The van der Waals surface area contributed by atoms with Gasteiger partial charge < -0.3 is 4.90 Å². The molecule has 0 bridgehead atoms. The van der Waals surface area contributed by atoms with E-state index in [1.54, 1.807) is 6.33 Å². The van der Waals surface area contributed by atoms with Crippen molar-refractivity contribution in [3.05, 3.63) is 23.7 Å². The van der Waals surface area contributed by atoms with Crippen molar-refractivity contribution in [3.63, 3.8) is 0 Å². The molecule has 3 nitrogen and oxygen atoms in total. The molecule has 0 fully saturated rings. The van der Waals surface area contributed by atoms with Crippen LogP contribution in [0.1, 0.15) is 51.8 Å². The smallest absolute Gasteiger partial charge is 0.138 e. The average Bonchev–Trinajstić information content (AvgIpc) is 2.30. The Hall–Kier alpha value is -1.38. The molecule has 0 aromatic carbocycles. The summed E-state index contributed by atoms with van der Waals surface area (Å²) in [6.07, 6.45) is 8.18. The van der Waals surface area contributed by atoms with Crippen LogP contribution in [0.3, 0.4) is 0 Å². The maximum Gasteiger partial charge on any atom is 0.138 e. The van der Waals surface area contributed by atoms with Crippen LogP contribution in [0.5, 0.6) is 0 Å². The number of unbranched alkanes of at least 4 members (excludes halogenated alkanes) is 1. The van der Waals surface area contributed by atoms with E-state index in [0.29, 0.717) is 0 Å². The second-order valence-corrected chi connectivity index (χ2v) is 5.51. The number of hydrogen-bond donors (Lipinski definition) is 0. The van der Waals surface area contributed by atoms with Crippen LogP contribution in [0.4, 0.5) is 5.82 Å². The van der Waals surface area contributed by atoms with Gasteiger partial charge in [-0.25, -0.2) is 9.97 Å². The number of aryl methyl sites for hydroxylation is 1. The normalized spacial score (nSPS) is 10.5. The SMILES string of the molecule is CC(C)C.CCC/C=C\c1c(C)ncnc1N(C)C. The van der Waals surface area contributed by atoms with E-state index in [0.717, 1.165) is 29.4 Å². The summed E-state index contributed by atoms with van der Waals surface area (Å²) in [5, 5.41) is 0. The highest BCUT2D eigenvalue weighted by Gasteiger charge is 2.06. The summed E-state index contributed by atoms with van der Waals surface area (Å²) in [6.45, 7) is 10.7. The number of anilines is 1. The fourth-order valence-electron chi connectivity index (χ4n) is 1.39. The molecule has 0 aliphatic carbocycles. The van der Waals surface area contributed by atoms with Crippen LogP contribution in [0, 0.1) is 12.8 Å². The first-order valence-corrected chi connectivity index (χ1v) is 7.05. The van der Waals surface area contributed by atoms with E-state index in [1.165, 1.54) is 6.42 Å². The first-order chi connectivity index (χ1) is 8.90. The third kappa shape index (κ3) is 7.60. The lowest BCUT2D eigenvalue weighted by molar-refractivity contribution is 0.737. The molecule has 0 spiro atoms. The minimum absolute atomic E-state index is 0.833. The number of rotatable bonds is 4.